The number of ether oxygens (including phenoxy) is 1. The Kier molecular flexibility index (Phi) is 4.18. The fourth-order valence-electron chi connectivity index (χ4n) is 1.66. The van der Waals surface area contributed by atoms with Gasteiger partial charge in [-0.3, -0.25) is 0 Å². The second kappa shape index (κ2) is 6.04. The molecular weight excluding hydrogens is 246 g/mol. The predicted molar refractivity (Wildman–Crippen MR) is 69.3 cm³/mol. The van der Waals surface area contributed by atoms with Crippen LogP contribution in [0.4, 0.5) is 0 Å². The number of aromatic nitrogens is 1. The zero-order valence-corrected chi connectivity index (χ0v) is 10.6. The largest absolute Gasteiger partial charge is 0.494 e. The second-order valence-electron chi connectivity index (χ2n) is 4.11. The number of hydrogen-bond acceptors (Lipinski definition) is 4. The molecule has 0 aliphatic rings. The van der Waals surface area contributed by atoms with Gasteiger partial charge in [-0.15, -0.1) is 0 Å². The molecule has 1 heterocycles. The van der Waals surface area contributed by atoms with Crippen LogP contribution in [0.25, 0.3) is 11.1 Å². The van der Waals surface area contributed by atoms with Crippen LogP contribution in [0.2, 0.25) is 0 Å². The lowest BCUT2D eigenvalue weighted by atomic mass is 10.1. The molecule has 19 heavy (non-hydrogen) atoms. The van der Waals surface area contributed by atoms with E-state index in [4.69, 9.17) is 14.4 Å². The first-order valence-corrected chi connectivity index (χ1v) is 6.13. The van der Waals surface area contributed by atoms with Gasteiger partial charge in [0.2, 0.25) is 0 Å². The molecule has 1 aromatic carbocycles. The third-order valence-corrected chi connectivity index (χ3v) is 2.70. The Bertz CT molecular complexity index is 545. The number of carboxylic acid groups (broad SMARTS) is 1. The van der Waals surface area contributed by atoms with Crippen LogP contribution in [-0.4, -0.2) is 22.8 Å². The molecular formula is C14H15NO4. The molecule has 0 unspecified atom stereocenters. The number of nitrogens with zero attached hydrogens (tertiary/aromatic N) is 1. The number of aromatic carboxylic acids is 1. The Morgan fingerprint density at radius 2 is 2.11 bits per heavy atom. The van der Waals surface area contributed by atoms with Crippen LogP contribution >= 0.6 is 0 Å². The number of carbonyl (C=O) groups is 1. The lowest BCUT2D eigenvalue weighted by molar-refractivity contribution is 0.0686. The molecule has 5 nitrogen and oxygen atoms in total. The summed E-state index contributed by atoms with van der Waals surface area (Å²) < 4.78 is 10.3. The molecule has 0 atom stereocenters. The van der Waals surface area contributed by atoms with Crippen molar-refractivity contribution in [2.24, 2.45) is 0 Å². The standard InChI is InChI=1S/C14H15NO4/c1-2-3-8-18-11-6-4-10(5-7-11)12-9-19-15-13(12)14(16)17/h4-7,9H,2-3,8H2,1H3,(H,16,17). The van der Waals surface area contributed by atoms with Crippen molar-refractivity contribution in [3.63, 3.8) is 0 Å². The Balaban J connectivity index is 2.13. The van der Waals surface area contributed by atoms with Gasteiger partial charge in [0.1, 0.15) is 12.0 Å². The summed E-state index contributed by atoms with van der Waals surface area (Å²) in [7, 11) is 0. The Labute approximate surface area is 110 Å². The van der Waals surface area contributed by atoms with E-state index < -0.39 is 5.97 Å². The Morgan fingerprint density at radius 1 is 1.37 bits per heavy atom. The van der Waals surface area contributed by atoms with Gasteiger partial charge in [0, 0.05) is 0 Å². The minimum atomic E-state index is -1.10. The minimum absolute atomic E-state index is 0.0837. The van der Waals surface area contributed by atoms with Crippen molar-refractivity contribution in [1.29, 1.82) is 0 Å². The van der Waals surface area contributed by atoms with Gasteiger partial charge >= 0.3 is 5.97 Å². The number of rotatable bonds is 6. The highest BCUT2D eigenvalue weighted by atomic mass is 16.5. The van der Waals surface area contributed by atoms with Gasteiger partial charge < -0.3 is 14.4 Å². The van der Waals surface area contributed by atoms with E-state index in [1.54, 1.807) is 12.1 Å². The molecule has 0 fully saturated rings. The Morgan fingerprint density at radius 3 is 2.74 bits per heavy atom. The normalized spacial score (nSPS) is 10.4. The van der Waals surface area contributed by atoms with Crippen molar-refractivity contribution in [2.45, 2.75) is 19.8 Å². The molecule has 1 N–H and O–H groups in total. The molecule has 2 rings (SSSR count). The van der Waals surface area contributed by atoms with Gasteiger partial charge in [0.25, 0.3) is 0 Å². The third kappa shape index (κ3) is 3.13. The monoisotopic (exact) mass is 261 g/mol. The molecule has 100 valence electrons. The average Bonchev–Trinajstić information content (AvgIpc) is 2.89. The van der Waals surface area contributed by atoms with Crippen molar-refractivity contribution in [3.05, 3.63) is 36.2 Å². The van der Waals surface area contributed by atoms with Crippen molar-refractivity contribution in [1.82, 2.24) is 5.16 Å². The van der Waals surface area contributed by atoms with Crippen LogP contribution in [0.15, 0.2) is 35.1 Å². The van der Waals surface area contributed by atoms with Crippen molar-refractivity contribution in [3.8, 4) is 16.9 Å². The SMILES string of the molecule is CCCCOc1ccc(-c2conc2C(=O)O)cc1. The van der Waals surface area contributed by atoms with Gasteiger partial charge in [0.15, 0.2) is 5.69 Å². The molecule has 0 aliphatic heterocycles. The molecule has 0 saturated carbocycles. The molecule has 0 spiro atoms. The zero-order valence-electron chi connectivity index (χ0n) is 10.6. The summed E-state index contributed by atoms with van der Waals surface area (Å²) in [6.07, 6.45) is 3.42. The summed E-state index contributed by atoms with van der Waals surface area (Å²) in [5.74, 6) is -0.336. The fraction of sp³-hybridized carbons (Fsp3) is 0.286. The highest BCUT2D eigenvalue weighted by molar-refractivity contribution is 5.93. The summed E-state index contributed by atoms with van der Waals surface area (Å²) in [6.45, 7) is 2.79. The number of carboxylic acids is 1. The second-order valence-corrected chi connectivity index (χ2v) is 4.11. The van der Waals surface area contributed by atoms with E-state index in [2.05, 4.69) is 12.1 Å². The predicted octanol–water partition coefficient (Wildman–Crippen LogP) is 3.22. The highest BCUT2D eigenvalue weighted by Gasteiger charge is 2.16. The van der Waals surface area contributed by atoms with E-state index in [-0.39, 0.29) is 5.69 Å². The molecule has 0 radical (unpaired) electrons. The molecule has 5 heteroatoms. The molecule has 0 bridgehead atoms. The molecule has 1 aromatic heterocycles. The first-order chi connectivity index (χ1) is 9.22. The highest BCUT2D eigenvalue weighted by Crippen LogP contribution is 2.25. The smallest absolute Gasteiger partial charge is 0.358 e. The van der Waals surface area contributed by atoms with E-state index >= 15 is 0 Å². The minimum Gasteiger partial charge on any atom is -0.494 e. The van der Waals surface area contributed by atoms with E-state index in [9.17, 15) is 4.79 Å². The maximum atomic E-state index is 11.0. The summed E-state index contributed by atoms with van der Waals surface area (Å²) >= 11 is 0. The molecule has 0 amide bonds. The van der Waals surface area contributed by atoms with E-state index in [0.717, 1.165) is 24.2 Å². The van der Waals surface area contributed by atoms with Crippen molar-refractivity contribution >= 4 is 5.97 Å². The van der Waals surface area contributed by atoms with Crippen LogP contribution in [0.3, 0.4) is 0 Å². The fourth-order valence-corrected chi connectivity index (χ4v) is 1.66. The quantitative estimate of drug-likeness (QED) is 0.808. The van der Waals surface area contributed by atoms with Gasteiger partial charge in [-0.05, 0) is 24.1 Å². The van der Waals surface area contributed by atoms with Gasteiger partial charge in [-0.1, -0.05) is 30.6 Å². The number of benzene rings is 1. The first kappa shape index (κ1) is 13.1. The lowest BCUT2D eigenvalue weighted by Gasteiger charge is -2.05. The van der Waals surface area contributed by atoms with E-state index in [1.165, 1.54) is 6.26 Å². The maximum Gasteiger partial charge on any atom is 0.358 e. The zero-order chi connectivity index (χ0) is 13.7. The van der Waals surface area contributed by atoms with Crippen LogP contribution in [-0.2, 0) is 0 Å². The van der Waals surface area contributed by atoms with Gasteiger partial charge in [-0.2, -0.15) is 0 Å². The summed E-state index contributed by atoms with van der Waals surface area (Å²) in [5, 5.41) is 12.4. The van der Waals surface area contributed by atoms with E-state index in [0.29, 0.717) is 12.2 Å². The van der Waals surface area contributed by atoms with Crippen molar-refractivity contribution < 1.29 is 19.2 Å². The number of hydrogen-bond donors (Lipinski definition) is 1. The third-order valence-electron chi connectivity index (χ3n) is 2.70. The Hall–Kier alpha value is -2.30. The van der Waals surface area contributed by atoms with Crippen LogP contribution in [0.5, 0.6) is 5.75 Å². The summed E-state index contributed by atoms with van der Waals surface area (Å²) in [6, 6.07) is 7.20. The van der Waals surface area contributed by atoms with Crippen LogP contribution in [0.1, 0.15) is 30.3 Å². The summed E-state index contributed by atoms with van der Waals surface area (Å²) in [4.78, 5) is 11.0. The molecule has 0 aliphatic carbocycles. The topological polar surface area (TPSA) is 72.6 Å². The van der Waals surface area contributed by atoms with Crippen LogP contribution < -0.4 is 4.74 Å². The van der Waals surface area contributed by atoms with Crippen LogP contribution in [0, 0.1) is 0 Å². The summed E-state index contributed by atoms with van der Waals surface area (Å²) in [5.41, 5.74) is 1.12. The van der Waals surface area contributed by atoms with E-state index in [1.807, 2.05) is 12.1 Å². The number of unbranched alkanes of at least 4 members (excludes halogenated alkanes) is 1. The van der Waals surface area contributed by atoms with Gasteiger partial charge in [0.05, 0.1) is 12.2 Å². The van der Waals surface area contributed by atoms with Crippen molar-refractivity contribution in [2.75, 3.05) is 6.61 Å². The molecule has 2 aromatic rings. The molecule has 0 saturated heterocycles. The lowest BCUT2D eigenvalue weighted by Crippen LogP contribution is -1.99. The average molecular weight is 261 g/mol. The maximum absolute atomic E-state index is 11.0. The first-order valence-electron chi connectivity index (χ1n) is 6.13. The van der Waals surface area contributed by atoms with Gasteiger partial charge in [-0.25, -0.2) is 4.79 Å².